The van der Waals surface area contributed by atoms with Gasteiger partial charge in [0.2, 0.25) is 5.91 Å². The van der Waals surface area contributed by atoms with Crippen molar-refractivity contribution in [1.82, 2.24) is 20.6 Å². The summed E-state index contributed by atoms with van der Waals surface area (Å²) in [5.41, 5.74) is 2.02. The van der Waals surface area contributed by atoms with Gasteiger partial charge in [0, 0.05) is 19.5 Å². The minimum atomic E-state index is 0.135. The Morgan fingerprint density at radius 1 is 1.42 bits per heavy atom. The highest BCUT2D eigenvalue weighted by molar-refractivity contribution is 5.79. The highest BCUT2D eigenvalue weighted by atomic mass is 16.1. The molecular formula is C14H18N4O. The fourth-order valence-electron chi connectivity index (χ4n) is 2.45. The molecule has 1 saturated heterocycles. The summed E-state index contributed by atoms with van der Waals surface area (Å²) in [6.07, 6.45) is 1.68. The molecule has 5 nitrogen and oxygen atoms in total. The predicted molar refractivity (Wildman–Crippen MR) is 73.8 cm³/mol. The lowest BCUT2D eigenvalue weighted by Crippen LogP contribution is -2.33. The maximum atomic E-state index is 11.8. The number of amides is 1. The highest BCUT2D eigenvalue weighted by Crippen LogP contribution is 2.10. The van der Waals surface area contributed by atoms with Gasteiger partial charge in [0.25, 0.3) is 0 Å². The van der Waals surface area contributed by atoms with Crippen molar-refractivity contribution in [3.63, 3.8) is 0 Å². The van der Waals surface area contributed by atoms with Crippen LogP contribution in [-0.2, 0) is 11.2 Å². The lowest BCUT2D eigenvalue weighted by atomic mass is 10.1. The van der Waals surface area contributed by atoms with E-state index in [0.29, 0.717) is 6.54 Å². The molecule has 1 aliphatic rings. The second-order valence-electron chi connectivity index (χ2n) is 4.93. The lowest BCUT2D eigenvalue weighted by Gasteiger charge is -2.08. The van der Waals surface area contributed by atoms with E-state index in [-0.39, 0.29) is 11.8 Å². The van der Waals surface area contributed by atoms with E-state index < -0.39 is 0 Å². The number of carbonyl (C=O) groups is 1. The van der Waals surface area contributed by atoms with Crippen LogP contribution in [0.3, 0.4) is 0 Å². The Balaban J connectivity index is 1.53. The number of hydrogen-bond acceptors (Lipinski definition) is 3. The molecule has 19 heavy (non-hydrogen) atoms. The molecule has 2 aromatic rings. The van der Waals surface area contributed by atoms with Gasteiger partial charge in [-0.1, -0.05) is 12.1 Å². The monoisotopic (exact) mass is 258 g/mol. The van der Waals surface area contributed by atoms with Crippen LogP contribution >= 0.6 is 0 Å². The van der Waals surface area contributed by atoms with E-state index in [0.717, 1.165) is 42.8 Å². The molecule has 1 amide bonds. The average Bonchev–Trinajstić information content (AvgIpc) is 3.07. The molecule has 3 rings (SSSR count). The Bertz CT molecular complexity index is 539. The van der Waals surface area contributed by atoms with E-state index >= 15 is 0 Å². The van der Waals surface area contributed by atoms with E-state index in [1.165, 1.54) is 0 Å². The normalized spacial score (nSPS) is 18.8. The molecule has 0 radical (unpaired) electrons. The molecule has 5 heteroatoms. The first kappa shape index (κ1) is 12.2. The SMILES string of the molecule is O=C(NCCc1nc2ccccc2[nH]1)C1CCNC1. The predicted octanol–water partition coefficient (Wildman–Crippen LogP) is 0.831. The minimum absolute atomic E-state index is 0.135. The van der Waals surface area contributed by atoms with Gasteiger partial charge in [-0.15, -0.1) is 0 Å². The number of imidazole rings is 1. The quantitative estimate of drug-likeness (QED) is 0.761. The molecule has 1 unspecified atom stereocenters. The van der Waals surface area contributed by atoms with Crippen LogP contribution in [0, 0.1) is 5.92 Å². The van der Waals surface area contributed by atoms with Gasteiger partial charge in [0.05, 0.1) is 17.0 Å². The number of nitrogens with zero attached hydrogens (tertiary/aromatic N) is 1. The molecular weight excluding hydrogens is 240 g/mol. The maximum absolute atomic E-state index is 11.8. The van der Waals surface area contributed by atoms with E-state index in [1.54, 1.807) is 0 Å². The first-order valence-corrected chi connectivity index (χ1v) is 6.75. The summed E-state index contributed by atoms with van der Waals surface area (Å²) in [7, 11) is 0. The number of benzene rings is 1. The molecule has 0 bridgehead atoms. The first-order chi connectivity index (χ1) is 9.33. The molecule has 2 heterocycles. The summed E-state index contributed by atoms with van der Waals surface area (Å²) >= 11 is 0. The number of hydrogen-bond donors (Lipinski definition) is 3. The van der Waals surface area contributed by atoms with Crippen molar-refractivity contribution in [3.8, 4) is 0 Å². The molecule has 0 spiro atoms. The number of aromatic amines is 1. The molecule has 1 aromatic heterocycles. The summed E-state index contributed by atoms with van der Waals surface area (Å²) in [4.78, 5) is 19.6. The van der Waals surface area contributed by atoms with Crippen LogP contribution in [0.4, 0.5) is 0 Å². The number of rotatable bonds is 4. The third kappa shape index (κ3) is 2.76. The Morgan fingerprint density at radius 3 is 3.11 bits per heavy atom. The molecule has 100 valence electrons. The van der Waals surface area contributed by atoms with Gasteiger partial charge in [-0.25, -0.2) is 4.98 Å². The largest absolute Gasteiger partial charge is 0.355 e. The third-order valence-electron chi connectivity index (χ3n) is 3.53. The van der Waals surface area contributed by atoms with Crippen LogP contribution in [0.15, 0.2) is 24.3 Å². The summed E-state index contributed by atoms with van der Waals surface area (Å²) in [6.45, 7) is 2.38. The highest BCUT2D eigenvalue weighted by Gasteiger charge is 2.21. The van der Waals surface area contributed by atoms with Gasteiger partial charge in [-0.3, -0.25) is 4.79 Å². The summed E-state index contributed by atoms with van der Waals surface area (Å²) in [6, 6.07) is 7.95. The number of H-pyrrole nitrogens is 1. The zero-order valence-corrected chi connectivity index (χ0v) is 10.8. The molecule has 0 aliphatic carbocycles. The molecule has 1 aliphatic heterocycles. The number of carbonyl (C=O) groups excluding carboxylic acids is 1. The van der Waals surface area contributed by atoms with Gasteiger partial charge in [0.1, 0.15) is 5.82 Å². The molecule has 3 N–H and O–H groups in total. The second-order valence-corrected chi connectivity index (χ2v) is 4.93. The summed E-state index contributed by atoms with van der Waals surface area (Å²) in [5, 5.41) is 6.18. The van der Waals surface area contributed by atoms with Gasteiger partial charge >= 0.3 is 0 Å². The maximum Gasteiger partial charge on any atom is 0.224 e. The van der Waals surface area contributed by atoms with Crippen LogP contribution < -0.4 is 10.6 Å². The van der Waals surface area contributed by atoms with Crippen molar-refractivity contribution in [2.45, 2.75) is 12.8 Å². The van der Waals surface area contributed by atoms with Crippen molar-refractivity contribution >= 4 is 16.9 Å². The first-order valence-electron chi connectivity index (χ1n) is 6.75. The van der Waals surface area contributed by atoms with E-state index in [4.69, 9.17) is 0 Å². The third-order valence-corrected chi connectivity index (χ3v) is 3.53. The van der Waals surface area contributed by atoms with Gasteiger partial charge in [-0.05, 0) is 25.1 Å². The van der Waals surface area contributed by atoms with Crippen molar-refractivity contribution in [2.24, 2.45) is 5.92 Å². The fraction of sp³-hybridized carbons (Fsp3) is 0.429. The zero-order chi connectivity index (χ0) is 13.1. The van der Waals surface area contributed by atoms with Crippen LogP contribution in [-0.4, -0.2) is 35.5 Å². The number of fused-ring (bicyclic) bond motifs is 1. The number of para-hydroxylation sites is 2. The molecule has 1 atom stereocenters. The number of aromatic nitrogens is 2. The van der Waals surface area contributed by atoms with Crippen LogP contribution in [0.5, 0.6) is 0 Å². The van der Waals surface area contributed by atoms with Crippen LogP contribution in [0.1, 0.15) is 12.2 Å². The Hall–Kier alpha value is -1.88. The molecule has 1 aromatic carbocycles. The molecule has 0 saturated carbocycles. The van der Waals surface area contributed by atoms with Crippen LogP contribution in [0.25, 0.3) is 11.0 Å². The Labute approximate surface area is 111 Å². The van der Waals surface area contributed by atoms with Crippen molar-refractivity contribution in [1.29, 1.82) is 0 Å². The van der Waals surface area contributed by atoms with E-state index in [2.05, 4.69) is 20.6 Å². The second kappa shape index (κ2) is 5.40. The van der Waals surface area contributed by atoms with Gasteiger partial charge in [0.15, 0.2) is 0 Å². The minimum Gasteiger partial charge on any atom is -0.355 e. The van der Waals surface area contributed by atoms with Crippen molar-refractivity contribution in [3.05, 3.63) is 30.1 Å². The van der Waals surface area contributed by atoms with Gasteiger partial charge in [-0.2, -0.15) is 0 Å². The number of nitrogens with one attached hydrogen (secondary N) is 3. The van der Waals surface area contributed by atoms with Crippen molar-refractivity contribution in [2.75, 3.05) is 19.6 Å². The van der Waals surface area contributed by atoms with Crippen molar-refractivity contribution < 1.29 is 4.79 Å². The Morgan fingerprint density at radius 2 is 2.32 bits per heavy atom. The lowest BCUT2D eigenvalue weighted by molar-refractivity contribution is -0.124. The topological polar surface area (TPSA) is 69.8 Å². The van der Waals surface area contributed by atoms with Gasteiger partial charge < -0.3 is 15.6 Å². The van der Waals surface area contributed by atoms with E-state index in [1.807, 2.05) is 24.3 Å². The fourth-order valence-corrected chi connectivity index (χ4v) is 2.45. The zero-order valence-electron chi connectivity index (χ0n) is 10.8. The average molecular weight is 258 g/mol. The standard InChI is InChI=1S/C14H18N4O/c19-14(10-5-7-15-9-10)16-8-6-13-17-11-3-1-2-4-12(11)18-13/h1-4,10,15H,5-9H2,(H,16,19)(H,17,18). The summed E-state index contributed by atoms with van der Waals surface area (Å²) in [5.74, 6) is 1.21. The van der Waals surface area contributed by atoms with Crippen LogP contribution in [0.2, 0.25) is 0 Å². The van der Waals surface area contributed by atoms with E-state index in [9.17, 15) is 4.79 Å². The summed E-state index contributed by atoms with van der Waals surface area (Å²) < 4.78 is 0. The Kier molecular flexibility index (Phi) is 3.46. The molecule has 1 fully saturated rings. The smallest absolute Gasteiger partial charge is 0.224 e.